The third kappa shape index (κ3) is 3.69. The van der Waals surface area contributed by atoms with Gasteiger partial charge in [0.15, 0.2) is 6.61 Å². The van der Waals surface area contributed by atoms with Crippen LogP contribution in [-0.4, -0.2) is 33.9 Å². The Kier molecular flexibility index (Phi) is 5.62. The van der Waals surface area contributed by atoms with Crippen molar-refractivity contribution in [3.05, 3.63) is 34.9 Å². The van der Waals surface area contributed by atoms with Crippen molar-refractivity contribution in [3.8, 4) is 0 Å². The van der Waals surface area contributed by atoms with E-state index in [0.717, 1.165) is 24.0 Å². The summed E-state index contributed by atoms with van der Waals surface area (Å²) in [5.41, 5.74) is 2.65. The summed E-state index contributed by atoms with van der Waals surface area (Å²) >= 11 is 4.29. The van der Waals surface area contributed by atoms with Gasteiger partial charge < -0.3 is 4.74 Å². The van der Waals surface area contributed by atoms with E-state index in [1.54, 1.807) is 0 Å². The van der Waals surface area contributed by atoms with Crippen LogP contribution in [0.15, 0.2) is 18.2 Å². The van der Waals surface area contributed by atoms with E-state index in [1.807, 2.05) is 32.0 Å². The molecule has 2 atom stereocenters. The minimum Gasteiger partial charge on any atom is -0.457 e. The van der Waals surface area contributed by atoms with Gasteiger partial charge in [0, 0.05) is 17.1 Å². The van der Waals surface area contributed by atoms with Gasteiger partial charge in [-0.3, -0.25) is 9.59 Å². The Bertz CT molecular complexity index is 723. The number of ether oxygens (including phenoxy) is 1. The highest BCUT2D eigenvalue weighted by Gasteiger charge is 2.55. The van der Waals surface area contributed by atoms with Crippen LogP contribution in [0.1, 0.15) is 53.6 Å². The number of hydrogen-bond acceptors (Lipinski definition) is 5. The Morgan fingerprint density at radius 1 is 1.11 bits per heavy atom. The number of hydrogen-bond donors (Lipinski definition) is 0. The first-order valence-corrected chi connectivity index (χ1v) is 12.0. The topological polar surface area (TPSA) is 43.4 Å². The molecule has 1 aliphatic heterocycles. The van der Waals surface area contributed by atoms with Crippen molar-refractivity contribution >= 4 is 35.3 Å². The van der Waals surface area contributed by atoms with Crippen molar-refractivity contribution in [3.63, 3.8) is 0 Å². The largest absolute Gasteiger partial charge is 0.457 e. The van der Waals surface area contributed by atoms with Crippen LogP contribution >= 0.6 is 23.5 Å². The van der Waals surface area contributed by atoms with Gasteiger partial charge >= 0.3 is 5.97 Å². The van der Waals surface area contributed by atoms with Crippen LogP contribution in [0.4, 0.5) is 0 Å². The zero-order valence-electron chi connectivity index (χ0n) is 16.2. The monoisotopic (exact) mass is 404 g/mol. The fraction of sp³-hybridized carbons (Fsp3) is 0.636. The van der Waals surface area contributed by atoms with E-state index in [4.69, 9.17) is 4.74 Å². The minimum absolute atomic E-state index is 0.0286. The highest BCUT2D eigenvalue weighted by Crippen LogP contribution is 2.64. The lowest BCUT2D eigenvalue weighted by molar-refractivity contribution is -0.150. The highest BCUT2D eigenvalue weighted by atomic mass is 32.2. The summed E-state index contributed by atoms with van der Waals surface area (Å²) in [6, 6.07) is 5.83. The molecule has 1 aromatic rings. The first-order chi connectivity index (χ1) is 13.0. The third-order valence-corrected chi connectivity index (χ3v) is 10.5. The molecular formula is C22H28O3S2. The zero-order chi connectivity index (χ0) is 19.0. The molecule has 4 rings (SSSR count). The molecule has 1 heterocycles. The molecule has 146 valence electrons. The molecule has 0 aromatic heterocycles. The van der Waals surface area contributed by atoms with Gasteiger partial charge in [-0.25, -0.2) is 0 Å². The lowest BCUT2D eigenvalue weighted by Gasteiger charge is -2.51. The molecule has 2 unspecified atom stereocenters. The molecule has 2 bridgehead atoms. The first kappa shape index (κ1) is 19.4. The number of benzene rings is 1. The van der Waals surface area contributed by atoms with E-state index < -0.39 is 0 Å². The molecule has 2 aliphatic carbocycles. The van der Waals surface area contributed by atoms with Crippen LogP contribution in [-0.2, 0) is 9.53 Å². The molecule has 5 heteroatoms. The molecule has 3 fully saturated rings. The molecule has 27 heavy (non-hydrogen) atoms. The Labute approximate surface area is 170 Å². The first-order valence-electron chi connectivity index (χ1n) is 10.0. The molecule has 3 aliphatic rings. The van der Waals surface area contributed by atoms with Crippen molar-refractivity contribution in [2.45, 2.75) is 50.0 Å². The van der Waals surface area contributed by atoms with Gasteiger partial charge in [-0.15, -0.1) is 23.5 Å². The number of esters is 1. The Hall–Kier alpha value is -0.940. The lowest BCUT2D eigenvalue weighted by atomic mass is 9.67. The van der Waals surface area contributed by atoms with Gasteiger partial charge in [-0.1, -0.05) is 24.1 Å². The number of ketones is 1. The average Bonchev–Trinajstić information content (AvgIpc) is 3.10. The maximum atomic E-state index is 12.7. The highest BCUT2D eigenvalue weighted by molar-refractivity contribution is 8.21. The fourth-order valence-electron chi connectivity index (χ4n) is 5.17. The number of Topliss-reactive ketones (excluding diaryl/α,β-unsaturated/α-hetero) is 1. The van der Waals surface area contributed by atoms with Crippen molar-refractivity contribution in [2.24, 2.45) is 17.8 Å². The van der Waals surface area contributed by atoms with Gasteiger partial charge in [0.2, 0.25) is 5.78 Å². The van der Waals surface area contributed by atoms with E-state index in [2.05, 4.69) is 23.5 Å². The van der Waals surface area contributed by atoms with Gasteiger partial charge in [-0.2, -0.15) is 0 Å². The number of aryl methyl sites for hydroxylation is 2. The third-order valence-electron chi connectivity index (χ3n) is 6.49. The van der Waals surface area contributed by atoms with Crippen LogP contribution in [0.5, 0.6) is 0 Å². The standard InChI is InChI=1S/C22H28O3S2/c1-14-6-7-15(2)19(10-14)20(23)13-25-21(24)16-11-17-4-3-5-18(12-16)22(17)26-8-9-27-22/h6-7,10,16-18H,3-5,8-9,11-13H2,1-2H3. The van der Waals surface area contributed by atoms with Crippen LogP contribution in [0, 0.1) is 31.6 Å². The Balaban J connectivity index is 1.38. The molecule has 1 aromatic carbocycles. The van der Waals surface area contributed by atoms with E-state index in [1.165, 1.54) is 30.8 Å². The second-order valence-corrected chi connectivity index (χ2v) is 11.3. The maximum Gasteiger partial charge on any atom is 0.309 e. The summed E-state index contributed by atoms with van der Waals surface area (Å²) < 4.78 is 5.87. The van der Waals surface area contributed by atoms with Gasteiger partial charge in [0.1, 0.15) is 0 Å². The second kappa shape index (κ2) is 7.82. The van der Waals surface area contributed by atoms with Crippen LogP contribution in [0.2, 0.25) is 0 Å². The maximum absolute atomic E-state index is 12.7. The summed E-state index contributed by atoms with van der Waals surface area (Å²) in [4.78, 5) is 25.3. The predicted molar refractivity (Wildman–Crippen MR) is 112 cm³/mol. The molecule has 2 saturated carbocycles. The van der Waals surface area contributed by atoms with Crippen molar-refractivity contribution in [1.29, 1.82) is 0 Å². The molecule has 0 radical (unpaired) electrons. The second-order valence-electron chi connectivity index (χ2n) is 8.26. The smallest absolute Gasteiger partial charge is 0.309 e. The zero-order valence-corrected chi connectivity index (χ0v) is 17.8. The summed E-state index contributed by atoms with van der Waals surface area (Å²) in [6.07, 6.45) is 5.65. The SMILES string of the molecule is Cc1ccc(C)c(C(=O)COC(=O)C2CC3CCCC(C2)C32SCCS2)c1. The number of carbonyl (C=O) groups excluding carboxylic acids is 2. The number of carbonyl (C=O) groups is 2. The van der Waals surface area contributed by atoms with Crippen molar-refractivity contribution in [2.75, 3.05) is 18.1 Å². The molecule has 1 saturated heterocycles. The van der Waals surface area contributed by atoms with E-state index in [0.29, 0.717) is 21.5 Å². The molecule has 1 spiro atoms. The van der Waals surface area contributed by atoms with Crippen LogP contribution < -0.4 is 0 Å². The van der Waals surface area contributed by atoms with E-state index in [-0.39, 0.29) is 24.3 Å². The van der Waals surface area contributed by atoms with E-state index in [9.17, 15) is 9.59 Å². The van der Waals surface area contributed by atoms with Gasteiger partial charge in [0.25, 0.3) is 0 Å². The molecule has 0 N–H and O–H groups in total. The normalized spacial score (nSPS) is 28.9. The van der Waals surface area contributed by atoms with Crippen molar-refractivity contribution < 1.29 is 14.3 Å². The summed E-state index contributed by atoms with van der Waals surface area (Å²) in [6.45, 7) is 3.76. The summed E-state index contributed by atoms with van der Waals surface area (Å²) in [5, 5.41) is 0. The Morgan fingerprint density at radius 2 is 1.78 bits per heavy atom. The van der Waals surface area contributed by atoms with E-state index >= 15 is 0 Å². The van der Waals surface area contributed by atoms with Gasteiger partial charge in [-0.05, 0) is 63.0 Å². The fourth-order valence-corrected chi connectivity index (χ4v) is 9.11. The average molecular weight is 405 g/mol. The van der Waals surface area contributed by atoms with Crippen LogP contribution in [0.25, 0.3) is 0 Å². The van der Waals surface area contributed by atoms with Gasteiger partial charge in [0.05, 0.1) is 10.00 Å². The number of thioether (sulfide) groups is 2. The molecule has 3 nitrogen and oxygen atoms in total. The molecular weight excluding hydrogens is 376 g/mol. The predicted octanol–water partition coefficient (Wildman–Crippen LogP) is 5.03. The quantitative estimate of drug-likeness (QED) is 0.520. The summed E-state index contributed by atoms with van der Waals surface area (Å²) in [7, 11) is 0. The summed E-state index contributed by atoms with van der Waals surface area (Å²) in [5.74, 6) is 3.45. The Morgan fingerprint density at radius 3 is 2.44 bits per heavy atom. The lowest BCUT2D eigenvalue weighted by Crippen LogP contribution is -2.48. The molecule has 0 amide bonds. The van der Waals surface area contributed by atoms with Crippen molar-refractivity contribution in [1.82, 2.24) is 0 Å². The number of rotatable bonds is 4. The van der Waals surface area contributed by atoms with Crippen LogP contribution in [0.3, 0.4) is 0 Å². The minimum atomic E-state index is -0.159.